The summed E-state index contributed by atoms with van der Waals surface area (Å²) < 4.78 is 19.8. The van der Waals surface area contributed by atoms with Crippen LogP contribution in [-0.2, 0) is 11.2 Å². The number of hydrogen-bond donors (Lipinski definition) is 0. The van der Waals surface area contributed by atoms with Gasteiger partial charge in [-0.15, -0.1) is 0 Å². The molecular weight excluding hydrogens is 387 g/mol. The molecule has 106 valence electrons. The molecule has 0 aromatic heterocycles. The summed E-state index contributed by atoms with van der Waals surface area (Å²) in [6.45, 7) is 0.707. The number of ether oxygens (including phenoxy) is 1. The molecule has 0 saturated heterocycles. The van der Waals surface area contributed by atoms with Crippen molar-refractivity contribution in [3.05, 3.63) is 69.4 Å². The van der Waals surface area contributed by atoms with E-state index in [2.05, 4.69) is 44.0 Å². The maximum absolute atomic E-state index is 14.0. The second-order valence-electron chi connectivity index (χ2n) is 4.51. The Kier molecular flexibility index (Phi) is 5.75. The van der Waals surface area contributed by atoms with E-state index < -0.39 is 0 Å². The lowest BCUT2D eigenvalue weighted by atomic mass is 10.0. The van der Waals surface area contributed by atoms with E-state index in [1.54, 1.807) is 13.2 Å². The van der Waals surface area contributed by atoms with E-state index >= 15 is 0 Å². The van der Waals surface area contributed by atoms with Crippen molar-refractivity contribution in [3.63, 3.8) is 0 Å². The van der Waals surface area contributed by atoms with Gasteiger partial charge in [-0.05, 0) is 29.7 Å². The highest BCUT2D eigenvalue weighted by Crippen LogP contribution is 2.33. The maximum atomic E-state index is 14.0. The fourth-order valence-corrected chi connectivity index (χ4v) is 2.97. The largest absolute Gasteiger partial charge is 0.384 e. The first-order valence-corrected chi connectivity index (χ1v) is 7.99. The molecule has 2 rings (SSSR count). The van der Waals surface area contributed by atoms with E-state index in [0.29, 0.717) is 12.2 Å². The molecule has 0 radical (unpaired) electrons. The molecule has 0 amide bonds. The smallest absolute Gasteiger partial charge is 0.129 e. The first-order chi connectivity index (χ1) is 9.61. The first-order valence-electron chi connectivity index (χ1n) is 6.28. The number of halogens is 3. The summed E-state index contributed by atoms with van der Waals surface area (Å²) in [5, 5.41) is 0. The fourth-order valence-electron chi connectivity index (χ4n) is 1.96. The molecule has 0 aliphatic carbocycles. The van der Waals surface area contributed by atoms with Crippen LogP contribution in [0.25, 0.3) is 0 Å². The summed E-state index contributed by atoms with van der Waals surface area (Å²) >= 11 is 6.83. The van der Waals surface area contributed by atoms with Crippen LogP contribution in [0.3, 0.4) is 0 Å². The van der Waals surface area contributed by atoms with Crippen molar-refractivity contribution in [1.82, 2.24) is 0 Å². The lowest BCUT2D eigenvalue weighted by Crippen LogP contribution is -1.98. The van der Waals surface area contributed by atoms with E-state index in [1.165, 1.54) is 11.6 Å². The molecule has 0 saturated carbocycles. The Hall–Kier alpha value is -0.710. The third-order valence-corrected chi connectivity index (χ3v) is 4.62. The monoisotopic (exact) mass is 400 g/mol. The van der Waals surface area contributed by atoms with Crippen LogP contribution in [0.4, 0.5) is 4.39 Å². The van der Waals surface area contributed by atoms with Crippen molar-refractivity contribution in [3.8, 4) is 0 Å². The van der Waals surface area contributed by atoms with Crippen molar-refractivity contribution < 1.29 is 9.13 Å². The van der Waals surface area contributed by atoms with Crippen molar-refractivity contribution in [2.24, 2.45) is 0 Å². The van der Waals surface area contributed by atoms with Gasteiger partial charge in [0.15, 0.2) is 0 Å². The second kappa shape index (κ2) is 7.34. The van der Waals surface area contributed by atoms with Gasteiger partial charge in [0.1, 0.15) is 5.82 Å². The van der Waals surface area contributed by atoms with E-state index in [1.807, 2.05) is 18.2 Å². The minimum Gasteiger partial charge on any atom is -0.384 e. The number of hydrogen-bond acceptors (Lipinski definition) is 1. The molecule has 0 aliphatic rings. The zero-order valence-corrected chi connectivity index (χ0v) is 14.2. The van der Waals surface area contributed by atoms with Crippen LogP contribution in [0.1, 0.15) is 21.5 Å². The minimum atomic E-state index is -0.218. The zero-order chi connectivity index (χ0) is 14.5. The van der Waals surface area contributed by atoms with Gasteiger partial charge in [-0.25, -0.2) is 4.39 Å². The molecule has 0 spiro atoms. The molecule has 0 aliphatic heterocycles. The average molecular weight is 402 g/mol. The Bertz CT molecular complexity index is 569. The first kappa shape index (κ1) is 15.7. The predicted octanol–water partition coefficient (Wildman–Crippen LogP) is 5.26. The van der Waals surface area contributed by atoms with E-state index in [0.717, 1.165) is 16.5 Å². The van der Waals surface area contributed by atoms with Gasteiger partial charge >= 0.3 is 0 Å². The summed E-state index contributed by atoms with van der Waals surface area (Å²) in [4.78, 5) is -0.146. The molecule has 0 fully saturated rings. The number of benzene rings is 2. The predicted molar refractivity (Wildman–Crippen MR) is 86.9 cm³/mol. The van der Waals surface area contributed by atoms with E-state index in [-0.39, 0.29) is 10.6 Å². The lowest BCUT2D eigenvalue weighted by Gasteiger charge is -2.13. The van der Waals surface area contributed by atoms with Crippen molar-refractivity contribution in [2.75, 3.05) is 13.7 Å². The van der Waals surface area contributed by atoms with Gasteiger partial charge in [0.2, 0.25) is 0 Å². The molecule has 0 heterocycles. The number of rotatable bonds is 5. The van der Waals surface area contributed by atoms with Crippen LogP contribution in [0.2, 0.25) is 0 Å². The van der Waals surface area contributed by atoms with E-state index in [4.69, 9.17) is 4.74 Å². The van der Waals surface area contributed by atoms with Gasteiger partial charge in [0, 0.05) is 17.1 Å². The quantitative estimate of drug-likeness (QED) is 0.620. The molecule has 2 aromatic carbocycles. The Morgan fingerprint density at radius 1 is 1.15 bits per heavy atom. The minimum absolute atomic E-state index is 0.146. The molecule has 1 atom stereocenters. The Morgan fingerprint density at radius 2 is 1.85 bits per heavy atom. The van der Waals surface area contributed by atoms with Crippen LogP contribution in [0, 0.1) is 5.82 Å². The van der Waals surface area contributed by atoms with Crippen LogP contribution >= 0.6 is 31.9 Å². The van der Waals surface area contributed by atoms with Gasteiger partial charge < -0.3 is 4.74 Å². The second-order valence-corrected chi connectivity index (χ2v) is 6.34. The highest BCUT2D eigenvalue weighted by Gasteiger charge is 2.14. The van der Waals surface area contributed by atoms with Crippen molar-refractivity contribution in [2.45, 2.75) is 11.2 Å². The SMILES string of the molecule is COCCc1ccc(C(Br)c2ccc(Br)cc2F)cc1. The van der Waals surface area contributed by atoms with Crippen molar-refractivity contribution >= 4 is 31.9 Å². The molecular formula is C16H15Br2FO. The van der Waals surface area contributed by atoms with Crippen LogP contribution < -0.4 is 0 Å². The highest BCUT2D eigenvalue weighted by molar-refractivity contribution is 9.10. The van der Waals surface area contributed by atoms with E-state index in [9.17, 15) is 4.39 Å². The molecule has 2 aromatic rings. The number of alkyl halides is 1. The number of methoxy groups -OCH3 is 1. The Morgan fingerprint density at radius 3 is 2.45 bits per heavy atom. The van der Waals surface area contributed by atoms with Gasteiger partial charge in [-0.2, -0.15) is 0 Å². The molecule has 4 heteroatoms. The van der Waals surface area contributed by atoms with Gasteiger partial charge in [-0.3, -0.25) is 0 Å². The van der Waals surface area contributed by atoms with Crippen LogP contribution in [0.15, 0.2) is 46.9 Å². The molecule has 0 bridgehead atoms. The summed E-state index contributed by atoms with van der Waals surface area (Å²) in [6.07, 6.45) is 0.885. The van der Waals surface area contributed by atoms with Crippen LogP contribution in [0.5, 0.6) is 0 Å². The molecule has 20 heavy (non-hydrogen) atoms. The molecule has 1 unspecified atom stereocenters. The zero-order valence-electron chi connectivity index (χ0n) is 11.1. The summed E-state index contributed by atoms with van der Waals surface area (Å²) in [5.74, 6) is -0.218. The Labute approximate surface area is 135 Å². The summed E-state index contributed by atoms with van der Waals surface area (Å²) in [7, 11) is 1.69. The summed E-state index contributed by atoms with van der Waals surface area (Å²) in [5.41, 5.74) is 2.89. The third-order valence-electron chi connectivity index (χ3n) is 3.10. The third kappa shape index (κ3) is 3.90. The lowest BCUT2D eigenvalue weighted by molar-refractivity contribution is 0.202. The summed E-state index contributed by atoms with van der Waals surface area (Å²) in [6, 6.07) is 13.3. The normalized spacial score (nSPS) is 12.4. The topological polar surface area (TPSA) is 9.23 Å². The fraction of sp³-hybridized carbons (Fsp3) is 0.250. The molecule has 0 N–H and O–H groups in total. The van der Waals surface area contributed by atoms with Crippen LogP contribution in [-0.4, -0.2) is 13.7 Å². The van der Waals surface area contributed by atoms with Gasteiger partial charge in [0.25, 0.3) is 0 Å². The maximum Gasteiger partial charge on any atom is 0.129 e. The highest BCUT2D eigenvalue weighted by atomic mass is 79.9. The van der Waals surface area contributed by atoms with Crippen molar-refractivity contribution in [1.29, 1.82) is 0 Å². The Balaban J connectivity index is 2.18. The molecule has 1 nitrogen and oxygen atoms in total. The van der Waals surface area contributed by atoms with Gasteiger partial charge in [0.05, 0.1) is 11.4 Å². The standard InChI is InChI=1S/C16H15Br2FO/c1-20-9-8-11-2-4-12(5-3-11)16(18)14-7-6-13(17)10-15(14)19/h2-7,10,16H,8-9H2,1H3. The van der Waals surface area contributed by atoms with Gasteiger partial charge in [-0.1, -0.05) is 62.2 Å². The average Bonchev–Trinajstić information content (AvgIpc) is 2.45.